The highest BCUT2D eigenvalue weighted by atomic mass is 19.4. The summed E-state index contributed by atoms with van der Waals surface area (Å²) in [6, 6.07) is 1.84. The third-order valence-electron chi connectivity index (χ3n) is 1.35. The van der Waals surface area contributed by atoms with Gasteiger partial charge in [-0.2, -0.15) is 13.2 Å². The first-order valence-electron chi connectivity index (χ1n) is 3.31. The van der Waals surface area contributed by atoms with Gasteiger partial charge in [-0.1, -0.05) is 6.58 Å². The minimum absolute atomic E-state index is 0.00581. The van der Waals surface area contributed by atoms with Crippen LogP contribution in [0.3, 0.4) is 0 Å². The SMILES string of the molecule is C=Cc1ccc(F)c(C(F)(F)F)n1. The Labute approximate surface area is 71.7 Å². The number of alkyl halides is 3. The Morgan fingerprint density at radius 2 is 1.92 bits per heavy atom. The third-order valence-corrected chi connectivity index (χ3v) is 1.35. The molecular weight excluding hydrogens is 186 g/mol. The molecular formula is C8H5F4N. The van der Waals surface area contributed by atoms with E-state index < -0.39 is 17.7 Å². The van der Waals surface area contributed by atoms with Crippen molar-refractivity contribution in [3.8, 4) is 0 Å². The summed E-state index contributed by atoms with van der Waals surface area (Å²) in [7, 11) is 0. The maximum Gasteiger partial charge on any atom is 0.436 e. The van der Waals surface area contributed by atoms with Crippen LogP contribution in [0.2, 0.25) is 0 Å². The van der Waals surface area contributed by atoms with Crippen LogP contribution in [0.5, 0.6) is 0 Å². The van der Waals surface area contributed by atoms with E-state index >= 15 is 0 Å². The average molecular weight is 191 g/mol. The highest BCUT2D eigenvalue weighted by molar-refractivity contribution is 5.41. The highest BCUT2D eigenvalue weighted by Gasteiger charge is 2.36. The van der Waals surface area contributed by atoms with Gasteiger partial charge in [-0.3, -0.25) is 0 Å². The zero-order chi connectivity index (χ0) is 10.1. The lowest BCUT2D eigenvalue weighted by atomic mass is 10.3. The molecule has 0 spiro atoms. The standard InChI is InChI=1S/C8H5F4N/c1-2-5-3-4-6(9)7(13-5)8(10,11)12/h2-4H,1H2. The molecule has 5 heteroatoms. The summed E-state index contributed by atoms with van der Waals surface area (Å²) in [5, 5.41) is 0. The van der Waals surface area contributed by atoms with Crippen molar-refractivity contribution in [2.45, 2.75) is 6.18 Å². The Morgan fingerprint density at radius 1 is 1.31 bits per heavy atom. The van der Waals surface area contributed by atoms with Crippen molar-refractivity contribution in [2.75, 3.05) is 0 Å². The number of nitrogens with zero attached hydrogens (tertiary/aromatic N) is 1. The van der Waals surface area contributed by atoms with Crippen LogP contribution in [0.4, 0.5) is 17.6 Å². The molecule has 0 saturated carbocycles. The fourth-order valence-electron chi connectivity index (χ4n) is 0.770. The van der Waals surface area contributed by atoms with Crippen molar-refractivity contribution in [3.05, 3.63) is 35.9 Å². The molecule has 0 atom stereocenters. The first kappa shape index (κ1) is 9.70. The third kappa shape index (κ3) is 2.05. The van der Waals surface area contributed by atoms with E-state index in [-0.39, 0.29) is 5.69 Å². The summed E-state index contributed by atoms with van der Waals surface area (Å²) >= 11 is 0. The van der Waals surface area contributed by atoms with Gasteiger partial charge in [0.05, 0.1) is 5.69 Å². The lowest BCUT2D eigenvalue weighted by molar-refractivity contribution is -0.143. The molecule has 0 saturated heterocycles. The Hall–Kier alpha value is -1.39. The van der Waals surface area contributed by atoms with E-state index in [4.69, 9.17) is 0 Å². The van der Waals surface area contributed by atoms with Crippen molar-refractivity contribution in [3.63, 3.8) is 0 Å². The van der Waals surface area contributed by atoms with Crippen LogP contribution < -0.4 is 0 Å². The molecule has 0 N–H and O–H groups in total. The van der Waals surface area contributed by atoms with Gasteiger partial charge in [0.25, 0.3) is 0 Å². The van der Waals surface area contributed by atoms with Gasteiger partial charge >= 0.3 is 6.18 Å². The van der Waals surface area contributed by atoms with Crippen LogP contribution in [0, 0.1) is 5.82 Å². The predicted molar refractivity (Wildman–Crippen MR) is 39.3 cm³/mol. The van der Waals surface area contributed by atoms with Crippen molar-refractivity contribution < 1.29 is 17.6 Å². The Morgan fingerprint density at radius 3 is 2.38 bits per heavy atom. The number of rotatable bonds is 1. The largest absolute Gasteiger partial charge is 0.436 e. The van der Waals surface area contributed by atoms with E-state index in [0.29, 0.717) is 6.07 Å². The van der Waals surface area contributed by atoms with E-state index in [9.17, 15) is 17.6 Å². The van der Waals surface area contributed by atoms with Gasteiger partial charge in [0, 0.05) is 0 Å². The van der Waals surface area contributed by atoms with Gasteiger partial charge in [0.2, 0.25) is 0 Å². The van der Waals surface area contributed by atoms with Crippen LogP contribution in [0.1, 0.15) is 11.4 Å². The Bertz CT molecular complexity index is 329. The van der Waals surface area contributed by atoms with Gasteiger partial charge in [0.15, 0.2) is 11.5 Å². The zero-order valence-corrected chi connectivity index (χ0v) is 6.40. The lowest BCUT2D eigenvalue weighted by Crippen LogP contribution is -2.11. The normalized spacial score (nSPS) is 11.4. The molecule has 0 bridgehead atoms. The van der Waals surface area contributed by atoms with E-state index in [1.165, 1.54) is 0 Å². The van der Waals surface area contributed by atoms with Crippen molar-refractivity contribution in [1.82, 2.24) is 4.98 Å². The summed E-state index contributed by atoms with van der Waals surface area (Å²) in [4.78, 5) is 3.04. The quantitative estimate of drug-likeness (QED) is 0.622. The fraction of sp³-hybridized carbons (Fsp3) is 0.125. The van der Waals surface area contributed by atoms with Crippen molar-refractivity contribution in [2.24, 2.45) is 0 Å². The summed E-state index contributed by atoms with van der Waals surface area (Å²) in [6.45, 7) is 3.23. The van der Waals surface area contributed by atoms with Crippen molar-refractivity contribution >= 4 is 6.08 Å². The van der Waals surface area contributed by atoms with E-state index in [1.54, 1.807) is 0 Å². The molecule has 0 aliphatic carbocycles. The maximum atomic E-state index is 12.6. The van der Waals surface area contributed by atoms with Crippen LogP contribution in [0.15, 0.2) is 18.7 Å². The van der Waals surface area contributed by atoms with Crippen LogP contribution in [-0.2, 0) is 6.18 Å². The highest BCUT2D eigenvalue weighted by Crippen LogP contribution is 2.29. The first-order valence-corrected chi connectivity index (χ1v) is 3.31. The smallest absolute Gasteiger partial charge is 0.241 e. The maximum absolute atomic E-state index is 12.6. The molecule has 0 aliphatic rings. The van der Waals surface area contributed by atoms with Gasteiger partial charge in [-0.05, 0) is 18.2 Å². The van der Waals surface area contributed by atoms with Gasteiger partial charge in [0.1, 0.15) is 0 Å². The topological polar surface area (TPSA) is 12.9 Å². The second kappa shape index (κ2) is 3.16. The van der Waals surface area contributed by atoms with Gasteiger partial charge in [-0.15, -0.1) is 0 Å². The van der Waals surface area contributed by atoms with Crippen LogP contribution in [0.25, 0.3) is 6.08 Å². The minimum Gasteiger partial charge on any atom is -0.241 e. The monoisotopic (exact) mass is 191 g/mol. The van der Waals surface area contributed by atoms with E-state index in [2.05, 4.69) is 11.6 Å². The molecule has 0 fully saturated rings. The van der Waals surface area contributed by atoms with E-state index in [1.807, 2.05) is 0 Å². The molecule has 0 radical (unpaired) electrons. The zero-order valence-electron chi connectivity index (χ0n) is 6.40. The number of halogens is 4. The summed E-state index contributed by atoms with van der Waals surface area (Å²) in [5.41, 5.74) is -1.52. The van der Waals surface area contributed by atoms with Gasteiger partial charge in [-0.25, -0.2) is 9.37 Å². The molecule has 1 aromatic heterocycles. The summed E-state index contributed by atoms with van der Waals surface area (Å²) < 4.78 is 48.7. The average Bonchev–Trinajstić information content (AvgIpc) is 2.03. The molecule has 0 unspecified atom stereocenters. The van der Waals surface area contributed by atoms with E-state index in [0.717, 1.165) is 12.1 Å². The molecule has 1 nitrogen and oxygen atoms in total. The Kier molecular flexibility index (Phi) is 2.36. The van der Waals surface area contributed by atoms with Gasteiger partial charge < -0.3 is 0 Å². The first-order chi connectivity index (χ1) is 5.95. The molecule has 0 aromatic carbocycles. The summed E-state index contributed by atoms with van der Waals surface area (Å²) in [5.74, 6) is -1.38. The van der Waals surface area contributed by atoms with Crippen LogP contribution >= 0.6 is 0 Å². The lowest BCUT2D eigenvalue weighted by Gasteiger charge is -2.06. The molecule has 70 valence electrons. The molecule has 1 heterocycles. The predicted octanol–water partition coefficient (Wildman–Crippen LogP) is 2.88. The number of hydrogen-bond acceptors (Lipinski definition) is 1. The molecule has 0 aliphatic heterocycles. The molecule has 0 amide bonds. The second-order valence-electron chi connectivity index (χ2n) is 2.27. The molecule has 13 heavy (non-hydrogen) atoms. The number of hydrogen-bond donors (Lipinski definition) is 0. The second-order valence-corrected chi connectivity index (χ2v) is 2.27. The number of aromatic nitrogens is 1. The minimum atomic E-state index is -4.76. The fourth-order valence-corrected chi connectivity index (χ4v) is 0.770. The number of pyridine rings is 1. The summed E-state index contributed by atoms with van der Waals surface area (Å²) in [6.07, 6.45) is -3.64. The Balaban J connectivity index is 3.27. The van der Waals surface area contributed by atoms with Crippen LogP contribution in [-0.4, -0.2) is 4.98 Å². The molecule has 1 rings (SSSR count). The van der Waals surface area contributed by atoms with Crippen molar-refractivity contribution in [1.29, 1.82) is 0 Å². The molecule has 1 aromatic rings.